The van der Waals surface area contributed by atoms with Crippen molar-refractivity contribution in [2.45, 2.75) is 6.92 Å². The van der Waals surface area contributed by atoms with Gasteiger partial charge in [-0.1, -0.05) is 0 Å². The van der Waals surface area contributed by atoms with E-state index in [0.717, 1.165) is 5.82 Å². The second-order valence-electron chi connectivity index (χ2n) is 2.27. The minimum Gasteiger partial charge on any atom is -0.271 e. The van der Waals surface area contributed by atoms with E-state index in [-0.39, 0.29) is 5.28 Å². The van der Waals surface area contributed by atoms with E-state index in [4.69, 9.17) is 11.6 Å². The van der Waals surface area contributed by atoms with E-state index >= 15 is 0 Å². The lowest BCUT2D eigenvalue weighted by molar-refractivity contribution is 0.888. The Labute approximate surface area is 73.4 Å². The maximum atomic E-state index is 5.57. The number of rotatable bonds is 1. The smallest absolute Gasteiger partial charge is 0.255 e. The molecule has 0 amide bonds. The number of aromatic nitrogens is 5. The van der Waals surface area contributed by atoms with Gasteiger partial charge in [-0.25, -0.2) is 10.1 Å². The molecule has 0 saturated heterocycles. The Kier molecular flexibility index (Phi) is 1.58. The zero-order valence-electron chi connectivity index (χ0n) is 6.32. The number of hydrogen-bond acceptors (Lipinski definition) is 3. The van der Waals surface area contributed by atoms with Crippen LogP contribution in [0.25, 0.3) is 5.95 Å². The van der Waals surface area contributed by atoms with Gasteiger partial charge < -0.3 is 0 Å². The topological polar surface area (TPSA) is 59.4 Å². The molecule has 2 rings (SSSR count). The molecule has 0 aliphatic carbocycles. The molecule has 0 unspecified atom stereocenters. The summed E-state index contributed by atoms with van der Waals surface area (Å²) in [7, 11) is 0. The Balaban J connectivity index is 2.50. The van der Waals surface area contributed by atoms with E-state index < -0.39 is 0 Å². The third-order valence-corrected chi connectivity index (χ3v) is 1.66. The molecule has 5 nitrogen and oxygen atoms in total. The zero-order valence-corrected chi connectivity index (χ0v) is 7.08. The predicted octanol–water partition coefficient (Wildman–Crippen LogP) is 0.952. The second kappa shape index (κ2) is 2.60. The van der Waals surface area contributed by atoms with E-state index in [1.54, 1.807) is 17.0 Å². The van der Waals surface area contributed by atoms with E-state index in [2.05, 4.69) is 20.2 Å². The summed E-state index contributed by atoms with van der Waals surface area (Å²) < 4.78 is 1.74. The first-order chi connectivity index (χ1) is 5.77. The standard InChI is InChI=1S/C6H6ClN5/c1-4-8-2-3-12(4)6-9-5(7)10-11-6/h2-3H,1H3,(H,9,10,11). The number of aryl methyl sites for hydroxylation is 1. The van der Waals surface area contributed by atoms with Crippen LogP contribution in [0.5, 0.6) is 0 Å². The van der Waals surface area contributed by atoms with Crippen molar-refractivity contribution in [3.63, 3.8) is 0 Å². The third kappa shape index (κ3) is 1.08. The molecule has 0 aliphatic heterocycles. The van der Waals surface area contributed by atoms with Crippen molar-refractivity contribution in [3.05, 3.63) is 23.5 Å². The molecule has 0 spiro atoms. The summed E-state index contributed by atoms with van der Waals surface area (Å²) in [5.41, 5.74) is 0. The van der Waals surface area contributed by atoms with Crippen molar-refractivity contribution in [2.24, 2.45) is 0 Å². The monoisotopic (exact) mass is 183 g/mol. The maximum absolute atomic E-state index is 5.57. The molecular weight excluding hydrogens is 178 g/mol. The lowest BCUT2D eigenvalue weighted by Crippen LogP contribution is -1.97. The summed E-state index contributed by atoms with van der Waals surface area (Å²) in [5.74, 6) is 1.33. The van der Waals surface area contributed by atoms with Crippen molar-refractivity contribution in [2.75, 3.05) is 0 Å². The Morgan fingerprint density at radius 3 is 2.92 bits per heavy atom. The van der Waals surface area contributed by atoms with Gasteiger partial charge in [0.05, 0.1) is 0 Å². The Bertz CT molecular complexity index is 390. The van der Waals surface area contributed by atoms with Crippen LogP contribution in [0.2, 0.25) is 5.28 Å². The minimum atomic E-state index is 0.276. The van der Waals surface area contributed by atoms with Gasteiger partial charge in [0.2, 0.25) is 5.28 Å². The fourth-order valence-electron chi connectivity index (χ4n) is 0.931. The summed E-state index contributed by atoms with van der Waals surface area (Å²) in [6.07, 6.45) is 3.45. The number of halogens is 1. The van der Waals surface area contributed by atoms with Gasteiger partial charge in [0.25, 0.3) is 5.95 Å². The van der Waals surface area contributed by atoms with E-state index in [9.17, 15) is 0 Å². The molecular formula is C6H6ClN5. The summed E-state index contributed by atoms with van der Waals surface area (Å²) in [4.78, 5) is 7.96. The highest BCUT2D eigenvalue weighted by Crippen LogP contribution is 2.06. The van der Waals surface area contributed by atoms with Gasteiger partial charge in [-0.3, -0.25) is 4.57 Å². The van der Waals surface area contributed by atoms with Crippen LogP contribution in [0.15, 0.2) is 12.4 Å². The molecule has 0 aliphatic rings. The highest BCUT2D eigenvalue weighted by atomic mass is 35.5. The number of nitrogens with one attached hydrogen (secondary N) is 1. The van der Waals surface area contributed by atoms with Crippen molar-refractivity contribution < 1.29 is 0 Å². The van der Waals surface area contributed by atoms with Crippen molar-refractivity contribution in [1.82, 2.24) is 24.7 Å². The van der Waals surface area contributed by atoms with Crippen LogP contribution in [0, 0.1) is 6.92 Å². The fourth-order valence-corrected chi connectivity index (χ4v) is 1.05. The largest absolute Gasteiger partial charge is 0.271 e. The third-order valence-electron chi connectivity index (χ3n) is 1.49. The minimum absolute atomic E-state index is 0.276. The van der Waals surface area contributed by atoms with Gasteiger partial charge in [0.1, 0.15) is 5.82 Å². The summed E-state index contributed by atoms with van der Waals surface area (Å²) in [6.45, 7) is 1.87. The molecule has 12 heavy (non-hydrogen) atoms. The molecule has 0 aromatic carbocycles. The molecule has 0 saturated carbocycles. The van der Waals surface area contributed by atoms with Gasteiger partial charge in [-0.15, -0.1) is 5.10 Å². The average Bonchev–Trinajstić information content (AvgIpc) is 2.58. The predicted molar refractivity (Wildman–Crippen MR) is 43.3 cm³/mol. The number of imidazole rings is 1. The van der Waals surface area contributed by atoms with Crippen LogP contribution in [-0.4, -0.2) is 24.7 Å². The summed E-state index contributed by atoms with van der Waals surface area (Å²) in [5, 5.41) is 6.69. The van der Waals surface area contributed by atoms with Crippen LogP contribution in [0.4, 0.5) is 0 Å². The van der Waals surface area contributed by atoms with Crippen LogP contribution < -0.4 is 0 Å². The van der Waals surface area contributed by atoms with Crippen LogP contribution in [0.1, 0.15) is 5.82 Å². The first-order valence-electron chi connectivity index (χ1n) is 3.35. The SMILES string of the molecule is Cc1nccn1-c1n[nH]c(Cl)n1. The molecule has 62 valence electrons. The molecule has 6 heteroatoms. The molecule has 2 heterocycles. The quantitative estimate of drug-likeness (QED) is 0.716. The Morgan fingerprint density at radius 2 is 2.42 bits per heavy atom. The average molecular weight is 184 g/mol. The second-order valence-corrected chi connectivity index (χ2v) is 2.63. The first kappa shape index (κ1) is 7.30. The number of aromatic amines is 1. The lowest BCUT2D eigenvalue weighted by Gasteiger charge is -1.94. The molecule has 1 N–H and O–H groups in total. The number of nitrogens with zero attached hydrogens (tertiary/aromatic N) is 4. The van der Waals surface area contributed by atoms with Crippen LogP contribution >= 0.6 is 11.6 Å². The first-order valence-corrected chi connectivity index (χ1v) is 3.73. The normalized spacial score (nSPS) is 10.5. The fraction of sp³-hybridized carbons (Fsp3) is 0.167. The summed E-state index contributed by atoms with van der Waals surface area (Å²) >= 11 is 5.57. The summed E-state index contributed by atoms with van der Waals surface area (Å²) in [6, 6.07) is 0. The maximum Gasteiger partial charge on any atom is 0.255 e. The molecule has 0 atom stereocenters. The van der Waals surface area contributed by atoms with Crippen LogP contribution in [-0.2, 0) is 0 Å². The van der Waals surface area contributed by atoms with E-state index in [1.165, 1.54) is 0 Å². The zero-order chi connectivity index (χ0) is 8.55. The van der Waals surface area contributed by atoms with Gasteiger partial charge in [0.15, 0.2) is 0 Å². The van der Waals surface area contributed by atoms with Gasteiger partial charge in [0, 0.05) is 12.4 Å². The van der Waals surface area contributed by atoms with Crippen molar-refractivity contribution in [1.29, 1.82) is 0 Å². The van der Waals surface area contributed by atoms with Gasteiger partial charge in [-0.05, 0) is 18.5 Å². The number of hydrogen-bond donors (Lipinski definition) is 1. The van der Waals surface area contributed by atoms with Crippen molar-refractivity contribution in [3.8, 4) is 5.95 Å². The van der Waals surface area contributed by atoms with Crippen molar-refractivity contribution >= 4 is 11.6 Å². The van der Waals surface area contributed by atoms with Gasteiger partial charge in [-0.2, -0.15) is 4.98 Å². The molecule has 0 fully saturated rings. The molecule has 0 radical (unpaired) electrons. The van der Waals surface area contributed by atoms with E-state index in [0.29, 0.717) is 5.95 Å². The lowest BCUT2D eigenvalue weighted by atomic mass is 10.7. The number of H-pyrrole nitrogens is 1. The van der Waals surface area contributed by atoms with Gasteiger partial charge >= 0.3 is 0 Å². The molecule has 2 aromatic rings. The highest BCUT2D eigenvalue weighted by molar-refractivity contribution is 6.28. The highest BCUT2D eigenvalue weighted by Gasteiger charge is 2.04. The van der Waals surface area contributed by atoms with Crippen LogP contribution in [0.3, 0.4) is 0 Å². The molecule has 2 aromatic heterocycles. The Morgan fingerprint density at radius 1 is 1.58 bits per heavy atom. The Hall–Kier alpha value is -1.36. The molecule has 0 bridgehead atoms. The van der Waals surface area contributed by atoms with E-state index in [1.807, 2.05) is 6.92 Å².